The lowest BCUT2D eigenvalue weighted by Gasteiger charge is -2.07. The molecule has 7 heteroatoms. The van der Waals surface area contributed by atoms with Crippen LogP contribution in [0.2, 0.25) is 0 Å². The molecule has 1 fully saturated rings. The largest absolute Gasteiger partial charge is 0.346 e. The van der Waals surface area contributed by atoms with Gasteiger partial charge in [0.2, 0.25) is 0 Å². The highest BCUT2D eigenvalue weighted by Crippen LogP contribution is 2.21. The molecule has 1 aliphatic carbocycles. The molecular formula is C11H16N4O3. The predicted octanol–water partition coefficient (Wildman–Crippen LogP) is 0.636. The number of carbonyl (C=O) groups excluding carboxylic acids is 1. The van der Waals surface area contributed by atoms with Gasteiger partial charge in [-0.2, -0.15) is 0 Å². The summed E-state index contributed by atoms with van der Waals surface area (Å²) >= 11 is 0. The number of nitro groups is 1. The molecule has 2 rings (SSSR count). The van der Waals surface area contributed by atoms with Crippen LogP contribution >= 0.6 is 0 Å². The molecule has 98 valence electrons. The van der Waals surface area contributed by atoms with Crippen molar-refractivity contribution in [2.45, 2.75) is 38.4 Å². The van der Waals surface area contributed by atoms with Crippen LogP contribution in [0.25, 0.3) is 0 Å². The SMILES string of the molecule is CCCn1cc([N+](=O)[O-])cc1C(=O)NC1CC1N. The van der Waals surface area contributed by atoms with E-state index >= 15 is 0 Å². The van der Waals surface area contributed by atoms with Gasteiger partial charge in [0.1, 0.15) is 5.69 Å². The van der Waals surface area contributed by atoms with Crippen molar-refractivity contribution in [2.75, 3.05) is 0 Å². The van der Waals surface area contributed by atoms with Crippen molar-refractivity contribution in [3.63, 3.8) is 0 Å². The van der Waals surface area contributed by atoms with Gasteiger partial charge >= 0.3 is 0 Å². The molecule has 1 saturated carbocycles. The van der Waals surface area contributed by atoms with Crippen molar-refractivity contribution in [3.05, 3.63) is 28.1 Å². The van der Waals surface area contributed by atoms with Crippen LogP contribution in [0.4, 0.5) is 5.69 Å². The Morgan fingerprint density at radius 3 is 2.89 bits per heavy atom. The number of nitrogens with two attached hydrogens (primary N) is 1. The minimum atomic E-state index is -0.494. The Morgan fingerprint density at radius 2 is 2.39 bits per heavy atom. The first kappa shape index (κ1) is 12.6. The van der Waals surface area contributed by atoms with Crippen LogP contribution in [-0.2, 0) is 6.54 Å². The van der Waals surface area contributed by atoms with E-state index in [0.29, 0.717) is 12.2 Å². The van der Waals surface area contributed by atoms with Crippen molar-refractivity contribution in [2.24, 2.45) is 5.73 Å². The quantitative estimate of drug-likeness (QED) is 0.592. The maximum Gasteiger partial charge on any atom is 0.287 e. The maximum absolute atomic E-state index is 12.0. The van der Waals surface area contributed by atoms with Crippen LogP contribution in [-0.4, -0.2) is 27.5 Å². The fourth-order valence-electron chi connectivity index (χ4n) is 1.83. The molecule has 0 aliphatic heterocycles. The van der Waals surface area contributed by atoms with Gasteiger partial charge in [0.15, 0.2) is 0 Å². The number of nitrogens with zero attached hydrogens (tertiary/aromatic N) is 2. The molecule has 0 saturated heterocycles. The summed E-state index contributed by atoms with van der Waals surface area (Å²) in [5, 5.41) is 13.5. The van der Waals surface area contributed by atoms with Crippen LogP contribution in [0, 0.1) is 10.1 Å². The number of hydrogen-bond donors (Lipinski definition) is 2. The van der Waals surface area contributed by atoms with Crippen LogP contribution in [0.5, 0.6) is 0 Å². The molecule has 0 bridgehead atoms. The third-order valence-corrected chi connectivity index (χ3v) is 2.95. The molecule has 1 aliphatic rings. The highest BCUT2D eigenvalue weighted by Gasteiger charge is 2.35. The molecular weight excluding hydrogens is 236 g/mol. The summed E-state index contributed by atoms with van der Waals surface area (Å²) in [6.45, 7) is 2.53. The Hall–Kier alpha value is -1.89. The molecule has 18 heavy (non-hydrogen) atoms. The van der Waals surface area contributed by atoms with Gasteiger partial charge in [-0.05, 0) is 12.8 Å². The topological polar surface area (TPSA) is 103 Å². The first-order valence-corrected chi connectivity index (χ1v) is 5.94. The van der Waals surface area contributed by atoms with E-state index in [9.17, 15) is 14.9 Å². The molecule has 0 radical (unpaired) electrons. The Balaban J connectivity index is 2.18. The Bertz CT molecular complexity index is 483. The molecule has 1 aromatic rings. The first-order valence-electron chi connectivity index (χ1n) is 5.94. The number of carbonyl (C=O) groups is 1. The van der Waals surface area contributed by atoms with E-state index in [-0.39, 0.29) is 23.7 Å². The Labute approximate surface area is 104 Å². The summed E-state index contributed by atoms with van der Waals surface area (Å²) in [5.74, 6) is -0.297. The number of amides is 1. The summed E-state index contributed by atoms with van der Waals surface area (Å²) in [6.07, 6.45) is 2.96. The smallest absolute Gasteiger partial charge is 0.287 e. The zero-order chi connectivity index (χ0) is 13.3. The molecule has 1 aromatic heterocycles. The average molecular weight is 252 g/mol. The van der Waals surface area contributed by atoms with Crippen molar-refractivity contribution >= 4 is 11.6 Å². The zero-order valence-electron chi connectivity index (χ0n) is 10.1. The predicted molar refractivity (Wildman–Crippen MR) is 65.2 cm³/mol. The van der Waals surface area contributed by atoms with Crippen molar-refractivity contribution in [1.82, 2.24) is 9.88 Å². The third-order valence-electron chi connectivity index (χ3n) is 2.95. The van der Waals surface area contributed by atoms with Crippen molar-refractivity contribution in [3.8, 4) is 0 Å². The summed E-state index contributed by atoms with van der Waals surface area (Å²) in [6, 6.07) is 1.32. The third kappa shape index (κ3) is 2.51. The number of nitrogens with one attached hydrogen (secondary N) is 1. The minimum Gasteiger partial charge on any atom is -0.346 e. The summed E-state index contributed by atoms with van der Waals surface area (Å²) in [5.41, 5.74) is 5.87. The van der Waals surface area contributed by atoms with E-state index in [1.165, 1.54) is 12.3 Å². The van der Waals surface area contributed by atoms with Gasteiger partial charge < -0.3 is 15.6 Å². The molecule has 0 spiro atoms. The number of aryl methyl sites for hydroxylation is 1. The highest BCUT2D eigenvalue weighted by atomic mass is 16.6. The van der Waals surface area contributed by atoms with Gasteiger partial charge in [0, 0.05) is 24.7 Å². The normalized spacial score (nSPS) is 21.7. The van der Waals surface area contributed by atoms with Crippen molar-refractivity contribution in [1.29, 1.82) is 0 Å². The summed E-state index contributed by atoms with van der Waals surface area (Å²) < 4.78 is 1.61. The van der Waals surface area contributed by atoms with E-state index in [1.54, 1.807) is 4.57 Å². The van der Waals surface area contributed by atoms with Gasteiger partial charge in [0.25, 0.3) is 11.6 Å². The van der Waals surface area contributed by atoms with Gasteiger partial charge in [-0.25, -0.2) is 0 Å². The lowest BCUT2D eigenvalue weighted by Crippen LogP contribution is -2.31. The second kappa shape index (κ2) is 4.77. The van der Waals surface area contributed by atoms with Gasteiger partial charge in [0.05, 0.1) is 11.1 Å². The minimum absolute atomic E-state index is 0.00142. The second-order valence-electron chi connectivity index (χ2n) is 4.51. The second-order valence-corrected chi connectivity index (χ2v) is 4.51. The maximum atomic E-state index is 12.0. The van der Waals surface area contributed by atoms with Crippen molar-refractivity contribution < 1.29 is 9.72 Å². The molecule has 0 aromatic carbocycles. The molecule has 2 atom stereocenters. The van der Waals surface area contributed by atoms with Gasteiger partial charge in [-0.1, -0.05) is 6.92 Å². The van der Waals surface area contributed by atoms with E-state index in [0.717, 1.165) is 12.8 Å². The van der Waals surface area contributed by atoms with E-state index in [4.69, 9.17) is 5.73 Å². The van der Waals surface area contributed by atoms with Crippen LogP contribution in [0.15, 0.2) is 12.3 Å². The number of rotatable bonds is 5. The van der Waals surface area contributed by atoms with Gasteiger partial charge in [-0.15, -0.1) is 0 Å². The standard InChI is InChI=1S/C11H16N4O3/c1-2-3-14-6-7(15(17)18)4-10(14)11(16)13-9-5-8(9)12/h4,6,8-9H,2-3,5,12H2,1H3,(H,13,16). The monoisotopic (exact) mass is 252 g/mol. The summed E-state index contributed by atoms with van der Waals surface area (Å²) in [7, 11) is 0. The van der Waals surface area contributed by atoms with E-state index in [2.05, 4.69) is 5.32 Å². The fourth-order valence-corrected chi connectivity index (χ4v) is 1.83. The van der Waals surface area contributed by atoms with Crippen LogP contribution in [0.3, 0.4) is 0 Å². The van der Waals surface area contributed by atoms with E-state index in [1.807, 2.05) is 6.92 Å². The lowest BCUT2D eigenvalue weighted by atomic mass is 10.3. The Kier molecular flexibility index (Phi) is 3.33. The fraction of sp³-hybridized carbons (Fsp3) is 0.545. The average Bonchev–Trinajstić information content (AvgIpc) is 2.83. The summed E-state index contributed by atoms with van der Waals surface area (Å²) in [4.78, 5) is 22.2. The molecule has 2 unspecified atom stereocenters. The number of hydrogen-bond acceptors (Lipinski definition) is 4. The molecule has 7 nitrogen and oxygen atoms in total. The lowest BCUT2D eigenvalue weighted by molar-refractivity contribution is -0.384. The number of aromatic nitrogens is 1. The van der Waals surface area contributed by atoms with Crippen LogP contribution in [0.1, 0.15) is 30.3 Å². The molecule has 1 amide bonds. The molecule has 3 N–H and O–H groups in total. The molecule has 1 heterocycles. The van der Waals surface area contributed by atoms with Crippen LogP contribution < -0.4 is 11.1 Å². The highest BCUT2D eigenvalue weighted by molar-refractivity contribution is 5.94. The van der Waals surface area contributed by atoms with E-state index < -0.39 is 4.92 Å². The first-order chi connectivity index (χ1) is 8.52. The Morgan fingerprint density at radius 1 is 1.72 bits per heavy atom. The zero-order valence-corrected chi connectivity index (χ0v) is 10.1. The van der Waals surface area contributed by atoms with Gasteiger partial charge in [-0.3, -0.25) is 14.9 Å².